The van der Waals surface area contributed by atoms with Crippen molar-refractivity contribution in [2.24, 2.45) is 0 Å². The number of hydrogen-bond acceptors (Lipinski definition) is 4. The van der Waals surface area contributed by atoms with Crippen LogP contribution in [0.5, 0.6) is 0 Å². The van der Waals surface area contributed by atoms with Gasteiger partial charge in [-0.1, -0.05) is 43.7 Å². The van der Waals surface area contributed by atoms with Gasteiger partial charge in [-0.3, -0.25) is 13.9 Å². The third-order valence-electron chi connectivity index (χ3n) is 5.95. The molecular weight excluding hydrogens is 469 g/mol. The molecule has 0 saturated heterocycles. The fraction of sp³-hybridized carbons (Fsp3) is 0.462. The SMILES string of the molecule is CCC(C)NC(=O)C(CC)N(Cc1ccc(F)cc1)C(=O)CN(c1ccc(C)cc1C)S(C)(=O)=O. The number of rotatable bonds is 11. The van der Waals surface area contributed by atoms with Crippen LogP contribution < -0.4 is 9.62 Å². The van der Waals surface area contributed by atoms with Crippen molar-refractivity contribution in [2.75, 3.05) is 17.1 Å². The zero-order valence-electron chi connectivity index (χ0n) is 21.3. The molecule has 0 bridgehead atoms. The third-order valence-corrected chi connectivity index (χ3v) is 7.08. The molecule has 0 spiro atoms. The van der Waals surface area contributed by atoms with Crippen LogP contribution in [-0.4, -0.2) is 50.0 Å². The topological polar surface area (TPSA) is 86.8 Å². The van der Waals surface area contributed by atoms with Crippen molar-refractivity contribution < 1.29 is 22.4 Å². The Bertz CT molecular complexity index is 1140. The molecule has 0 aliphatic rings. The van der Waals surface area contributed by atoms with Crippen LogP contribution in [0.2, 0.25) is 0 Å². The summed E-state index contributed by atoms with van der Waals surface area (Å²) < 4.78 is 40.0. The molecule has 0 aromatic heterocycles. The van der Waals surface area contributed by atoms with E-state index in [1.54, 1.807) is 38.1 Å². The molecule has 7 nitrogen and oxygen atoms in total. The number of amides is 2. The van der Waals surface area contributed by atoms with Gasteiger partial charge in [0.15, 0.2) is 0 Å². The number of aryl methyl sites for hydroxylation is 2. The first-order valence-electron chi connectivity index (χ1n) is 11.8. The second-order valence-corrected chi connectivity index (χ2v) is 10.9. The van der Waals surface area contributed by atoms with Crippen LogP contribution in [0.15, 0.2) is 42.5 Å². The van der Waals surface area contributed by atoms with Gasteiger partial charge in [-0.25, -0.2) is 12.8 Å². The molecule has 0 aliphatic heterocycles. The van der Waals surface area contributed by atoms with Crippen LogP contribution >= 0.6 is 0 Å². The summed E-state index contributed by atoms with van der Waals surface area (Å²) in [6.45, 7) is 8.88. The number of nitrogens with one attached hydrogen (secondary N) is 1. The van der Waals surface area contributed by atoms with Crippen LogP contribution in [-0.2, 0) is 26.2 Å². The van der Waals surface area contributed by atoms with E-state index in [-0.39, 0.29) is 18.5 Å². The molecule has 35 heavy (non-hydrogen) atoms. The summed E-state index contributed by atoms with van der Waals surface area (Å²) in [4.78, 5) is 28.1. The van der Waals surface area contributed by atoms with Gasteiger partial charge >= 0.3 is 0 Å². The highest BCUT2D eigenvalue weighted by molar-refractivity contribution is 7.92. The number of sulfonamides is 1. The van der Waals surface area contributed by atoms with Gasteiger partial charge in [0, 0.05) is 12.6 Å². The van der Waals surface area contributed by atoms with Crippen molar-refractivity contribution in [3.8, 4) is 0 Å². The summed E-state index contributed by atoms with van der Waals surface area (Å²) in [5.74, 6) is -1.24. The van der Waals surface area contributed by atoms with E-state index >= 15 is 0 Å². The molecule has 9 heteroatoms. The molecule has 2 unspecified atom stereocenters. The minimum atomic E-state index is -3.80. The van der Waals surface area contributed by atoms with Crippen LogP contribution in [0.4, 0.5) is 10.1 Å². The molecule has 0 aliphatic carbocycles. The van der Waals surface area contributed by atoms with Gasteiger partial charge < -0.3 is 10.2 Å². The zero-order valence-corrected chi connectivity index (χ0v) is 22.2. The predicted octanol–water partition coefficient (Wildman–Crippen LogP) is 3.93. The van der Waals surface area contributed by atoms with E-state index in [0.29, 0.717) is 17.7 Å². The second kappa shape index (κ2) is 12.2. The average molecular weight is 506 g/mol. The lowest BCUT2D eigenvalue weighted by Gasteiger charge is -2.33. The highest BCUT2D eigenvalue weighted by Crippen LogP contribution is 2.24. The zero-order chi connectivity index (χ0) is 26.3. The predicted molar refractivity (Wildman–Crippen MR) is 137 cm³/mol. The van der Waals surface area contributed by atoms with Crippen LogP contribution in [0, 0.1) is 19.7 Å². The highest BCUT2D eigenvalue weighted by Gasteiger charge is 2.32. The Morgan fingerprint density at radius 2 is 1.66 bits per heavy atom. The standard InChI is InChI=1S/C26H36FN3O4S/c1-7-20(5)28-26(32)23(8-2)29(16-21-10-12-22(27)13-11-21)25(31)17-30(35(6,33)34)24-14-9-18(3)15-19(24)4/h9-15,20,23H,7-8,16-17H2,1-6H3,(H,28,32). The van der Waals surface area contributed by atoms with Gasteiger partial charge in [-0.15, -0.1) is 0 Å². The summed E-state index contributed by atoms with van der Waals surface area (Å²) in [5.41, 5.74) is 2.73. The number of hydrogen-bond donors (Lipinski definition) is 1. The van der Waals surface area contributed by atoms with E-state index < -0.39 is 34.3 Å². The molecule has 0 heterocycles. The molecule has 0 radical (unpaired) electrons. The molecule has 0 saturated carbocycles. The first-order chi connectivity index (χ1) is 16.4. The normalized spacial score (nSPS) is 13.1. The number of anilines is 1. The average Bonchev–Trinajstić information content (AvgIpc) is 2.78. The monoisotopic (exact) mass is 505 g/mol. The largest absolute Gasteiger partial charge is 0.352 e. The minimum Gasteiger partial charge on any atom is -0.352 e. The Labute approximate surface area is 208 Å². The first kappa shape index (κ1) is 28.3. The van der Waals surface area contributed by atoms with Crippen molar-refractivity contribution in [3.63, 3.8) is 0 Å². The number of carbonyl (C=O) groups excluding carboxylic acids is 2. The van der Waals surface area contributed by atoms with E-state index in [2.05, 4.69) is 5.32 Å². The van der Waals surface area contributed by atoms with Crippen molar-refractivity contribution in [1.29, 1.82) is 0 Å². The maximum absolute atomic E-state index is 13.6. The highest BCUT2D eigenvalue weighted by atomic mass is 32.2. The Hall–Kier alpha value is -2.94. The van der Waals surface area contributed by atoms with Gasteiger partial charge in [0.2, 0.25) is 21.8 Å². The fourth-order valence-electron chi connectivity index (χ4n) is 3.83. The lowest BCUT2D eigenvalue weighted by Crippen LogP contribution is -2.53. The molecule has 1 N–H and O–H groups in total. The second-order valence-electron chi connectivity index (χ2n) is 8.95. The first-order valence-corrected chi connectivity index (χ1v) is 13.6. The minimum absolute atomic E-state index is 0.0377. The van der Waals surface area contributed by atoms with Gasteiger partial charge in [0.25, 0.3) is 0 Å². The molecule has 2 aromatic carbocycles. The Balaban J connectivity index is 2.46. The number of nitrogens with zero attached hydrogens (tertiary/aromatic N) is 2. The quantitative estimate of drug-likeness (QED) is 0.501. The van der Waals surface area contributed by atoms with Crippen LogP contribution in [0.3, 0.4) is 0 Å². The molecule has 192 valence electrons. The molecular formula is C26H36FN3O4S. The van der Waals surface area contributed by atoms with Crippen molar-refractivity contribution in [3.05, 3.63) is 65.0 Å². The summed E-state index contributed by atoms with van der Waals surface area (Å²) in [5, 5.41) is 2.92. The summed E-state index contributed by atoms with van der Waals surface area (Å²) >= 11 is 0. The maximum Gasteiger partial charge on any atom is 0.244 e. The van der Waals surface area contributed by atoms with Crippen molar-refractivity contribution in [1.82, 2.24) is 10.2 Å². The summed E-state index contributed by atoms with van der Waals surface area (Å²) in [6, 6.07) is 10.1. The fourth-order valence-corrected chi connectivity index (χ4v) is 4.73. The van der Waals surface area contributed by atoms with Crippen LogP contribution in [0.25, 0.3) is 0 Å². The molecule has 2 aromatic rings. The summed E-state index contributed by atoms with van der Waals surface area (Å²) in [7, 11) is -3.80. The van der Waals surface area contributed by atoms with E-state index in [4.69, 9.17) is 0 Å². The lowest BCUT2D eigenvalue weighted by atomic mass is 10.1. The number of benzene rings is 2. The molecule has 2 rings (SSSR count). The number of carbonyl (C=O) groups is 2. The summed E-state index contributed by atoms with van der Waals surface area (Å²) in [6.07, 6.45) is 2.11. The molecule has 2 amide bonds. The van der Waals surface area contributed by atoms with Crippen LogP contribution in [0.1, 0.15) is 50.3 Å². The van der Waals surface area contributed by atoms with Gasteiger partial charge in [0.05, 0.1) is 11.9 Å². The van der Waals surface area contributed by atoms with Crippen molar-refractivity contribution in [2.45, 2.75) is 66.1 Å². The van der Waals surface area contributed by atoms with Gasteiger partial charge in [-0.05, 0) is 62.9 Å². The Morgan fingerprint density at radius 3 is 2.17 bits per heavy atom. The third kappa shape index (κ3) is 7.78. The van der Waals surface area contributed by atoms with E-state index in [1.807, 2.05) is 26.8 Å². The van der Waals surface area contributed by atoms with E-state index in [0.717, 1.165) is 28.1 Å². The maximum atomic E-state index is 13.6. The molecule has 0 fully saturated rings. The smallest absolute Gasteiger partial charge is 0.244 e. The van der Waals surface area contributed by atoms with E-state index in [1.165, 1.54) is 17.0 Å². The Morgan fingerprint density at radius 1 is 1.03 bits per heavy atom. The van der Waals surface area contributed by atoms with Gasteiger partial charge in [-0.2, -0.15) is 0 Å². The number of halogens is 1. The van der Waals surface area contributed by atoms with Gasteiger partial charge in [0.1, 0.15) is 18.4 Å². The molecule has 2 atom stereocenters. The Kier molecular flexibility index (Phi) is 9.82. The lowest BCUT2D eigenvalue weighted by molar-refractivity contribution is -0.140. The van der Waals surface area contributed by atoms with Crippen molar-refractivity contribution >= 4 is 27.5 Å². The van der Waals surface area contributed by atoms with E-state index in [9.17, 15) is 22.4 Å².